The highest BCUT2D eigenvalue weighted by molar-refractivity contribution is 7.09. The first-order chi connectivity index (χ1) is 10.8. The van der Waals surface area contributed by atoms with E-state index in [-0.39, 0.29) is 5.82 Å². The summed E-state index contributed by atoms with van der Waals surface area (Å²) in [6.07, 6.45) is 1.56. The minimum Gasteiger partial charge on any atom is -0.360 e. The zero-order valence-corrected chi connectivity index (χ0v) is 12.4. The van der Waals surface area contributed by atoms with Gasteiger partial charge in [-0.2, -0.15) is 14.8 Å². The Morgan fingerprint density at radius 3 is 3.00 bits per heavy atom. The highest BCUT2D eigenvalue weighted by Gasteiger charge is 2.06. The molecule has 0 aliphatic carbocycles. The Kier molecular flexibility index (Phi) is 3.89. The summed E-state index contributed by atoms with van der Waals surface area (Å²) in [5, 5.41) is 25.5. The molecule has 7 nitrogen and oxygen atoms in total. The molecule has 0 aliphatic heterocycles. The number of H-pyrrole nitrogens is 1. The van der Waals surface area contributed by atoms with Crippen molar-refractivity contribution in [3.63, 3.8) is 0 Å². The van der Waals surface area contributed by atoms with Crippen LogP contribution in [0.1, 0.15) is 11.5 Å². The van der Waals surface area contributed by atoms with Crippen LogP contribution in [0.5, 0.6) is 0 Å². The highest BCUT2D eigenvalue weighted by atomic mass is 32.1. The van der Waals surface area contributed by atoms with Crippen molar-refractivity contribution in [2.45, 2.75) is 6.92 Å². The van der Waals surface area contributed by atoms with Crippen molar-refractivity contribution in [1.82, 2.24) is 25.0 Å². The van der Waals surface area contributed by atoms with Crippen LogP contribution in [0.3, 0.4) is 0 Å². The van der Waals surface area contributed by atoms with Gasteiger partial charge in [-0.25, -0.2) is 0 Å². The van der Waals surface area contributed by atoms with Gasteiger partial charge in [0, 0.05) is 11.9 Å². The number of nitrogens with zero attached hydrogens (tertiary/aromatic N) is 5. The van der Waals surface area contributed by atoms with E-state index in [0.29, 0.717) is 5.57 Å². The van der Waals surface area contributed by atoms with Gasteiger partial charge in [-0.05, 0) is 47.4 Å². The number of allylic oxidation sites excluding steroid dienone is 1. The molecule has 1 aromatic carbocycles. The SMILES string of the molecule is Cc1cc(-c2cccc(NC=C(C#N)c3nn[nH]n3)c2)sn1. The summed E-state index contributed by atoms with van der Waals surface area (Å²) in [6.45, 7) is 1.97. The van der Waals surface area contributed by atoms with E-state index in [2.05, 4.69) is 30.3 Å². The van der Waals surface area contributed by atoms with Gasteiger partial charge in [0.25, 0.3) is 0 Å². The second-order valence-electron chi connectivity index (χ2n) is 4.46. The summed E-state index contributed by atoms with van der Waals surface area (Å²) in [5.74, 6) is 0.254. The van der Waals surface area contributed by atoms with E-state index in [9.17, 15) is 0 Å². The van der Waals surface area contributed by atoms with Gasteiger partial charge in [0.2, 0.25) is 5.82 Å². The molecule has 0 aliphatic rings. The fourth-order valence-electron chi connectivity index (χ4n) is 1.84. The number of rotatable bonds is 4. The molecule has 0 fully saturated rings. The third kappa shape index (κ3) is 2.99. The van der Waals surface area contributed by atoms with Crippen LogP contribution in [-0.2, 0) is 0 Å². The summed E-state index contributed by atoms with van der Waals surface area (Å²) < 4.78 is 4.28. The fraction of sp³-hybridized carbons (Fsp3) is 0.0714. The van der Waals surface area contributed by atoms with Crippen LogP contribution in [0.4, 0.5) is 5.69 Å². The van der Waals surface area contributed by atoms with E-state index >= 15 is 0 Å². The third-order valence-electron chi connectivity index (χ3n) is 2.86. The molecule has 0 unspecified atom stereocenters. The summed E-state index contributed by atoms with van der Waals surface area (Å²) >= 11 is 1.46. The van der Waals surface area contributed by atoms with E-state index in [1.54, 1.807) is 6.20 Å². The van der Waals surface area contributed by atoms with Gasteiger partial charge in [0.05, 0.1) is 10.6 Å². The van der Waals surface area contributed by atoms with Crippen molar-refractivity contribution in [1.29, 1.82) is 5.26 Å². The molecule has 2 heterocycles. The number of hydrogen-bond acceptors (Lipinski definition) is 7. The van der Waals surface area contributed by atoms with Gasteiger partial charge in [0.1, 0.15) is 11.6 Å². The van der Waals surface area contributed by atoms with Crippen molar-refractivity contribution in [2.24, 2.45) is 0 Å². The van der Waals surface area contributed by atoms with Crippen molar-refractivity contribution in [3.8, 4) is 16.5 Å². The van der Waals surface area contributed by atoms with Gasteiger partial charge in [-0.15, -0.1) is 10.2 Å². The summed E-state index contributed by atoms with van der Waals surface area (Å²) in [7, 11) is 0. The Bertz CT molecular complexity index is 842. The topological polar surface area (TPSA) is 103 Å². The van der Waals surface area contributed by atoms with E-state index in [0.717, 1.165) is 21.8 Å². The molecule has 0 bridgehead atoms. The normalized spacial score (nSPS) is 11.2. The first-order valence-electron chi connectivity index (χ1n) is 6.40. The van der Waals surface area contributed by atoms with Crippen LogP contribution in [0, 0.1) is 18.3 Å². The first kappa shape index (κ1) is 13.9. The fourth-order valence-corrected chi connectivity index (χ4v) is 2.59. The lowest BCUT2D eigenvalue weighted by atomic mass is 10.1. The van der Waals surface area contributed by atoms with E-state index in [1.807, 2.05) is 43.3 Å². The van der Waals surface area contributed by atoms with E-state index < -0.39 is 0 Å². The maximum Gasteiger partial charge on any atom is 0.216 e. The molecular formula is C14H11N7S. The molecule has 2 N–H and O–H groups in total. The Labute approximate surface area is 130 Å². The monoisotopic (exact) mass is 309 g/mol. The lowest BCUT2D eigenvalue weighted by Crippen LogP contribution is -1.93. The van der Waals surface area contributed by atoms with Crippen LogP contribution in [-0.4, -0.2) is 25.0 Å². The largest absolute Gasteiger partial charge is 0.360 e. The van der Waals surface area contributed by atoms with Gasteiger partial charge >= 0.3 is 0 Å². The second kappa shape index (κ2) is 6.15. The number of nitrogens with one attached hydrogen (secondary N) is 2. The minimum absolute atomic E-state index is 0.254. The van der Waals surface area contributed by atoms with Gasteiger partial charge in [-0.1, -0.05) is 12.1 Å². The number of tetrazole rings is 1. The molecule has 0 spiro atoms. The standard InChI is InChI=1S/C14H11N7S/c1-9-5-13(22-19-9)10-3-2-4-12(6-10)16-8-11(7-15)14-17-20-21-18-14/h2-6,8,16H,1H3,(H,17,18,20,21). The maximum absolute atomic E-state index is 9.12. The number of aromatic nitrogens is 5. The average molecular weight is 309 g/mol. The van der Waals surface area contributed by atoms with E-state index in [1.165, 1.54) is 11.5 Å². The first-order valence-corrected chi connectivity index (χ1v) is 7.18. The molecule has 0 saturated heterocycles. The number of benzene rings is 1. The predicted octanol–water partition coefficient (Wildman–Crippen LogP) is 2.61. The molecule has 108 valence electrons. The van der Waals surface area contributed by atoms with Gasteiger partial charge in [0.15, 0.2) is 0 Å². The van der Waals surface area contributed by atoms with Crippen LogP contribution in [0.25, 0.3) is 16.0 Å². The summed E-state index contributed by atoms with van der Waals surface area (Å²) in [4.78, 5) is 1.10. The van der Waals surface area contributed by atoms with Crippen LogP contribution in [0.15, 0.2) is 36.5 Å². The molecule has 2 aromatic heterocycles. The average Bonchev–Trinajstić information content (AvgIpc) is 3.20. The van der Waals surface area contributed by atoms with Crippen molar-refractivity contribution in [3.05, 3.63) is 48.1 Å². The van der Waals surface area contributed by atoms with Crippen LogP contribution < -0.4 is 5.32 Å². The Hall–Kier alpha value is -3.05. The third-order valence-corrected chi connectivity index (χ3v) is 3.79. The Morgan fingerprint density at radius 2 is 2.32 bits per heavy atom. The highest BCUT2D eigenvalue weighted by Crippen LogP contribution is 2.27. The number of hydrogen-bond donors (Lipinski definition) is 2. The predicted molar refractivity (Wildman–Crippen MR) is 83.7 cm³/mol. The molecule has 0 amide bonds. The molecule has 0 saturated carbocycles. The van der Waals surface area contributed by atoms with Crippen molar-refractivity contribution < 1.29 is 0 Å². The zero-order valence-electron chi connectivity index (χ0n) is 11.6. The van der Waals surface area contributed by atoms with Crippen LogP contribution >= 0.6 is 11.5 Å². The summed E-state index contributed by atoms with van der Waals surface area (Å²) in [5.41, 5.74) is 3.23. The molecule has 3 aromatic rings. The molecule has 0 atom stereocenters. The smallest absolute Gasteiger partial charge is 0.216 e. The summed E-state index contributed by atoms with van der Waals surface area (Å²) in [6, 6.07) is 11.9. The molecule has 3 rings (SSSR count). The van der Waals surface area contributed by atoms with Crippen molar-refractivity contribution >= 4 is 22.8 Å². The number of aromatic amines is 1. The number of nitriles is 1. The molecule has 8 heteroatoms. The number of aryl methyl sites for hydroxylation is 1. The molecular weight excluding hydrogens is 298 g/mol. The Balaban J connectivity index is 1.83. The molecule has 22 heavy (non-hydrogen) atoms. The number of anilines is 1. The minimum atomic E-state index is 0.254. The van der Waals surface area contributed by atoms with Crippen LogP contribution in [0.2, 0.25) is 0 Å². The lowest BCUT2D eigenvalue weighted by molar-refractivity contribution is 0.881. The van der Waals surface area contributed by atoms with Gasteiger partial charge in [-0.3, -0.25) is 0 Å². The van der Waals surface area contributed by atoms with E-state index in [4.69, 9.17) is 5.26 Å². The van der Waals surface area contributed by atoms with Gasteiger partial charge < -0.3 is 5.32 Å². The van der Waals surface area contributed by atoms with Crippen molar-refractivity contribution in [2.75, 3.05) is 5.32 Å². The quantitative estimate of drug-likeness (QED) is 0.718. The maximum atomic E-state index is 9.12. The lowest BCUT2D eigenvalue weighted by Gasteiger charge is -2.03. The zero-order chi connectivity index (χ0) is 15.4. The molecule has 0 radical (unpaired) electrons. The second-order valence-corrected chi connectivity index (χ2v) is 5.27. The Morgan fingerprint density at radius 1 is 1.41 bits per heavy atom.